The summed E-state index contributed by atoms with van der Waals surface area (Å²) in [5.74, 6) is -0.0841. The normalized spacial score (nSPS) is 61.0. The van der Waals surface area contributed by atoms with Gasteiger partial charge < -0.3 is 15.9 Å². The third-order valence-electron chi connectivity index (χ3n) is 7.88. The number of allylic oxidation sites excluding steroid dienone is 3. The van der Waals surface area contributed by atoms with Crippen LogP contribution in [-0.4, -0.2) is 34.1 Å². The lowest BCUT2D eigenvalue weighted by molar-refractivity contribution is -0.122. The Kier molecular flexibility index (Phi) is 3.21. The number of alkyl halides is 1. The highest BCUT2D eigenvalue weighted by atomic mass is 19.1. The molecule has 0 saturated heterocycles. The van der Waals surface area contributed by atoms with E-state index in [1.54, 1.807) is 6.08 Å². The van der Waals surface area contributed by atoms with E-state index in [1.807, 2.05) is 19.1 Å². The average molecular weight is 321 g/mol. The third kappa shape index (κ3) is 1.80. The quantitative estimate of drug-likeness (QED) is 0.600. The smallest absolute Gasteiger partial charge is 0.126 e. The molecule has 2 fully saturated rings. The largest absolute Gasteiger partial charge is 0.391 e. The van der Waals surface area contributed by atoms with Gasteiger partial charge in [-0.05, 0) is 42.9 Å². The first-order chi connectivity index (χ1) is 10.7. The number of hydrogen-bond donors (Lipinski definition) is 3. The summed E-state index contributed by atoms with van der Waals surface area (Å²) in [6, 6.07) is -0.264. The van der Waals surface area contributed by atoms with Crippen molar-refractivity contribution in [1.82, 2.24) is 0 Å². The molecule has 0 aromatic rings. The minimum Gasteiger partial charge on any atom is -0.391 e. The van der Waals surface area contributed by atoms with E-state index in [-0.39, 0.29) is 29.2 Å². The van der Waals surface area contributed by atoms with E-state index in [0.717, 1.165) is 6.42 Å². The molecule has 9 atom stereocenters. The molecule has 4 aliphatic carbocycles. The first-order valence-electron chi connectivity index (χ1n) is 8.91. The number of nitrogens with two attached hydrogens (primary N) is 1. The Hall–Kier alpha value is -0.710. The summed E-state index contributed by atoms with van der Waals surface area (Å²) in [5, 5.41) is 20.2. The lowest BCUT2D eigenvalue weighted by atomic mass is 9.46. The van der Waals surface area contributed by atoms with Crippen LogP contribution in [0.3, 0.4) is 0 Å². The molecule has 1 unspecified atom stereocenters. The molecule has 2 saturated carbocycles. The summed E-state index contributed by atoms with van der Waals surface area (Å²) >= 11 is 0. The lowest BCUT2D eigenvalue weighted by Gasteiger charge is -2.60. The van der Waals surface area contributed by atoms with E-state index in [4.69, 9.17) is 5.73 Å². The van der Waals surface area contributed by atoms with Crippen molar-refractivity contribution in [3.63, 3.8) is 0 Å². The molecule has 4 heteroatoms. The molecular weight excluding hydrogens is 293 g/mol. The highest BCUT2D eigenvalue weighted by Crippen LogP contribution is 2.66. The van der Waals surface area contributed by atoms with Crippen molar-refractivity contribution in [2.45, 2.75) is 63.4 Å². The van der Waals surface area contributed by atoms with Crippen molar-refractivity contribution < 1.29 is 14.6 Å². The fourth-order valence-electron chi connectivity index (χ4n) is 6.12. The predicted octanol–water partition coefficient (Wildman–Crippen LogP) is 2.33. The van der Waals surface area contributed by atoms with Gasteiger partial charge in [0.2, 0.25) is 0 Å². The topological polar surface area (TPSA) is 66.5 Å². The Morgan fingerprint density at radius 3 is 2.57 bits per heavy atom. The third-order valence-corrected chi connectivity index (χ3v) is 7.88. The maximum atomic E-state index is 16.4. The molecule has 0 radical (unpaired) electrons. The van der Waals surface area contributed by atoms with Gasteiger partial charge in [-0.2, -0.15) is 0 Å². The number of aliphatic hydroxyl groups is 2. The van der Waals surface area contributed by atoms with Crippen molar-refractivity contribution in [1.29, 1.82) is 0 Å². The Morgan fingerprint density at radius 2 is 1.83 bits per heavy atom. The minimum absolute atomic E-state index is 0.0353. The molecule has 4 rings (SSSR count). The molecule has 0 amide bonds. The molecule has 23 heavy (non-hydrogen) atoms. The molecule has 0 aromatic heterocycles. The fraction of sp³-hybridized carbons (Fsp3) is 0.789. The second-order valence-corrected chi connectivity index (χ2v) is 8.77. The van der Waals surface area contributed by atoms with Crippen LogP contribution in [0.1, 0.15) is 39.5 Å². The fourth-order valence-corrected chi connectivity index (χ4v) is 6.12. The first-order valence-corrected chi connectivity index (χ1v) is 8.91. The van der Waals surface area contributed by atoms with Crippen LogP contribution in [0.5, 0.6) is 0 Å². The molecule has 3 nitrogen and oxygen atoms in total. The Balaban J connectivity index is 1.78. The molecule has 128 valence electrons. The molecular formula is C19H28FNO2. The van der Waals surface area contributed by atoms with E-state index >= 15 is 4.39 Å². The minimum atomic E-state index is -1.32. The van der Waals surface area contributed by atoms with Crippen molar-refractivity contribution in [2.24, 2.45) is 34.3 Å². The van der Waals surface area contributed by atoms with Crippen LogP contribution >= 0.6 is 0 Å². The van der Waals surface area contributed by atoms with Gasteiger partial charge in [-0.3, -0.25) is 0 Å². The van der Waals surface area contributed by atoms with E-state index < -0.39 is 23.3 Å². The van der Waals surface area contributed by atoms with Gasteiger partial charge in [0, 0.05) is 17.4 Å². The van der Waals surface area contributed by atoms with Crippen molar-refractivity contribution in [2.75, 3.05) is 0 Å². The van der Waals surface area contributed by atoms with Crippen LogP contribution in [0.2, 0.25) is 0 Å². The summed E-state index contributed by atoms with van der Waals surface area (Å²) in [7, 11) is 0. The predicted molar refractivity (Wildman–Crippen MR) is 87.3 cm³/mol. The summed E-state index contributed by atoms with van der Waals surface area (Å²) < 4.78 is 16.4. The summed E-state index contributed by atoms with van der Waals surface area (Å²) in [6.07, 6.45) is 9.18. The molecule has 0 bridgehead atoms. The molecule has 4 aliphatic rings. The number of rotatable bonds is 0. The van der Waals surface area contributed by atoms with Crippen LogP contribution in [-0.2, 0) is 0 Å². The van der Waals surface area contributed by atoms with Gasteiger partial charge in [0.1, 0.15) is 5.67 Å². The van der Waals surface area contributed by atoms with Crippen LogP contribution in [0.15, 0.2) is 24.3 Å². The summed E-state index contributed by atoms with van der Waals surface area (Å²) in [5.41, 5.74) is 4.18. The SMILES string of the molecule is C[C@]12CC[C@@]3(F)[C@@H](C=CC4C[C@H](O)C=C[C@@]43C)[C@@H]1C[C@@H](O)[C@@H]2N. The zero-order valence-corrected chi connectivity index (χ0v) is 14.0. The van der Waals surface area contributed by atoms with E-state index in [1.165, 1.54) is 0 Å². The Morgan fingerprint density at radius 1 is 1.09 bits per heavy atom. The van der Waals surface area contributed by atoms with E-state index in [0.29, 0.717) is 19.3 Å². The number of halogens is 1. The monoisotopic (exact) mass is 321 g/mol. The zero-order chi connectivity index (χ0) is 16.6. The van der Waals surface area contributed by atoms with Crippen molar-refractivity contribution in [3.8, 4) is 0 Å². The maximum Gasteiger partial charge on any atom is 0.126 e. The van der Waals surface area contributed by atoms with Crippen molar-refractivity contribution >= 4 is 0 Å². The zero-order valence-electron chi connectivity index (χ0n) is 14.0. The van der Waals surface area contributed by atoms with Gasteiger partial charge in [-0.1, -0.05) is 38.2 Å². The number of hydrogen-bond acceptors (Lipinski definition) is 3. The Labute approximate surface area is 137 Å². The molecule has 4 N–H and O–H groups in total. The second-order valence-electron chi connectivity index (χ2n) is 8.77. The molecule has 0 spiro atoms. The Bertz CT molecular complexity index is 578. The van der Waals surface area contributed by atoms with Crippen molar-refractivity contribution in [3.05, 3.63) is 24.3 Å². The van der Waals surface area contributed by atoms with Gasteiger partial charge in [0.05, 0.1) is 12.2 Å². The lowest BCUT2D eigenvalue weighted by Crippen LogP contribution is -2.61. The summed E-state index contributed by atoms with van der Waals surface area (Å²) in [6.45, 7) is 4.13. The summed E-state index contributed by atoms with van der Waals surface area (Å²) in [4.78, 5) is 0. The molecule has 0 aromatic carbocycles. The van der Waals surface area contributed by atoms with Gasteiger partial charge in [0.25, 0.3) is 0 Å². The number of aliphatic hydroxyl groups excluding tert-OH is 2. The van der Waals surface area contributed by atoms with Crippen LogP contribution in [0, 0.1) is 28.6 Å². The van der Waals surface area contributed by atoms with E-state index in [2.05, 4.69) is 13.0 Å². The number of fused-ring (bicyclic) bond motifs is 5. The van der Waals surface area contributed by atoms with Crippen LogP contribution in [0.25, 0.3) is 0 Å². The van der Waals surface area contributed by atoms with Crippen LogP contribution < -0.4 is 5.73 Å². The van der Waals surface area contributed by atoms with Gasteiger partial charge >= 0.3 is 0 Å². The first kappa shape index (κ1) is 15.8. The van der Waals surface area contributed by atoms with Gasteiger partial charge in [-0.15, -0.1) is 0 Å². The highest BCUT2D eigenvalue weighted by Gasteiger charge is 2.67. The average Bonchev–Trinajstić information content (AvgIpc) is 2.73. The van der Waals surface area contributed by atoms with Gasteiger partial charge in [-0.25, -0.2) is 4.39 Å². The maximum absolute atomic E-state index is 16.4. The van der Waals surface area contributed by atoms with E-state index in [9.17, 15) is 10.2 Å². The highest BCUT2D eigenvalue weighted by molar-refractivity contribution is 5.30. The second kappa shape index (κ2) is 4.68. The molecule has 0 aliphatic heterocycles. The standard InChI is InChI=1S/C19H28FNO2/c1-17-7-8-19(20)13(14(17)10-15(23)16(17)21)4-3-11-9-12(22)5-6-18(11,19)2/h3-6,11-16,22-23H,7-10,21H2,1-2H3/t11?,12-,13+,14+,15-,16+,17+,18+,19-/m1/s1. The molecule has 0 heterocycles. The van der Waals surface area contributed by atoms with Gasteiger partial charge in [0.15, 0.2) is 0 Å². The van der Waals surface area contributed by atoms with Crippen LogP contribution in [0.4, 0.5) is 4.39 Å².